The minimum atomic E-state index is -0.242. The third kappa shape index (κ3) is 5.26. The molecule has 0 aromatic rings. The van der Waals surface area contributed by atoms with E-state index in [2.05, 4.69) is 21.2 Å². The SMILES string of the molecule is CCOCC(=O)NC(C)(C)C(C)Br. The number of nitrogens with one attached hydrogen (secondary N) is 1. The van der Waals surface area contributed by atoms with Crippen LogP contribution in [0.25, 0.3) is 0 Å². The lowest BCUT2D eigenvalue weighted by Gasteiger charge is -2.29. The Bertz CT molecular complexity index is 169. The monoisotopic (exact) mass is 251 g/mol. The quantitative estimate of drug-likeness (QED) is 0.756. The van der Waals surface area contributed by atoms with Gasteiger partial charge in [0.05, 0.1) is 0 Å². The molecule has 0 saturated carbocycles. The molecule has 3 nitrogen and oxygen atoms in total. The smallest absolute Gasteiger partial charge is 0.246 e. The fourth-order valence-electron chi connectivity index (χ4n) is 0.690. The predicted molar refractivity (Wildman–Crippen MR) is 57.1 cm³/mol. The molecule has 13 heavy (non-hydrogen) atoms. The number of alkyl halides is 1. The Labute approximate surface area is 88.4 Å². The number of hydrogen-bond acceptors (Lipinski definition) is 2. The van der Waals surface area contributed by atoms with Gasteiger partial charge in [-0.25, -0.2) is 0 Å². The topological polar surface area (TPSA) is 38.3 Å². The van der Waals surface area contributed by atoms with Crippen LogP contribution in [-0.2, 0) is 9.53 Å². The standard InChI is InChI=1S/C9H18BrNO2/c1-5-13-6-8(12)11-9(3,4)7(2)10/h7H,5-6H2,1-4H3,(H,11,12). The maximum absolute atomic E-state index is 11.3. The molecule has 0 aromatic heterocycles. The Morgan fingerprint density at radius 2 is 2.15 bits per heavy atom. The molecule has 0 radical (unpaired) electrons. The molecule has 0 spiro atoms. The van der Waals surface area contributed by atoms with Crippen LogP contribution in [0.5, 0.6) is 0 Å². The Hall–Kier alpha value is -0.0900. The average molecular weight is 252 g/mol. The Morgan fingerprint density at radius 1 is 1.62 bits per heavy atom. The summed E-state index contributed by atoms with van der Waals surface area (Å²) in [5.41, 5.74) is -0.242. The summed E-state index contributed by atoms with van der Waals surface area (Å²) in [6, 6.07) is 0. The van der Waals surface area contributed by atoms with E-state index in [0.29, 0.717) is 6.61 Å². The molecular formula is C9H18BrNO2. The van der Waals surface area contributed by atoms with Crippen LogP contribution < -0.4 is 5.32 Å². The molecule has 0 aromatic carbocycles. The molecule has 0 aliphatic rings. The lowest BCUT2D eigenvalue weighted by molar-refractivity contribution is -0.127. The summed E-state index contributed by atoms with van der Waals surface area (Å²) in [5, 5.41) is 2.88. The van der Waals surface area contributed by atoms with Crippen molar-refractivity contribution in [3.63, 3.8) is 0 Å². The Morgan fingerprint density at radius 3 is 2.54 bits per heavy atom. The second kappa shape index (κ2) is 5.60. The van der Waals surface area contributed by atoms with Crippen LogP contribution in [-0.4, -0.2) is 29.5 Å². The van der Waals surface area contributed by atoms with Gasteiger partial charge in [-0.2, -0.15) is 0 Å². The zero-order valence-electron chi connectivity index (χ0n) is 8.69. The van der Waals surface area contributed by atoms with Crippen LogP contribution in [0.1, 0.15) is 27.7 Å². The summed E-state index contributed by atoms with van der Waals surface area (Å²) in [7, 11) is 0. The van der Waals surface area contributed by atoms with Gasteiger partial charge in [0, 0.05) is 17.0 Å². The van der Waals surface area contributed by atoms with E-state index in [4.69, 9.17) is 4.74 Å². The molecule has 78 valence electrons. The number of ether oxygens (including phenoxy) is 1. The van der Waals surface area contributed by atoms with Crippen molar-refractivity contribution in [2.45, 2.75) is 38.1 Å². The van der Waals surface area contributed by atoms with Gasteiger partial charge in [-0.15, -0.1) is 0 Å². The lowest BCUT2D eigenvalue weighted by Crippen LogP contribution is -2.50. The van der Waals surface area contributed by atoms with E-state index < -0.39 is 0 Å². The average Bonchev–Trinajstić information content (AvgIpc) is 1.99. The highest BCUT2D eigenvalue weighted by molar-refractivity contribution is 9.09. The maximum atomic E-state index is 11.3. The fourth-order valence-corrected chi connectivity index (χ4v) is 0.804. The summed E-state index contributed by atoms with van der Waals surface area (Å²) < 4.78 is 4.99. The molecule has 0 saturated heterocycles. The predicted octanol–water partition coefficient (Wildman–Crippen LogP) is 1.70. The van der Waals surface area contributed by atoms with Crippen molar-refractivity contribution < 1.29 is 9.53 Å². The second-order valence-corrected chi connectivity index (χ2v) is 4.90. The van der Waals surface area contributed by atoms with Crippen molar-refractivity contribution in [2.24, 2.45) is 0 Å². The van der Waals surface area contributed by atoms with Gasteiger partial charge in [0.15, 0.2) is 0 Å². The van der Waals surface area contributed by atoms with Gasteiger partial charge in [0.25, 0.3) is 0 Å². The van der Waals surface area contributed by atoms with E-state index >= 15 is 0 Å². The van der Waals surface area contributed by atoms with Crippen LogP contribution in [0.4, 0.5) is 0 Å². The highest BCUT2D eigenvalue weighted by Crippen LogP contribution is 2.16. The first-order chi connectivity index (χ1) is 5.90. The zero-order chi connectivity index (χ0) is 10.5. The third-order valence-corrected chi connectivity index (χ3v) is 3.04. The zero-order valence-corrected chi connectivity index (χ0v) is 10.3. The number of hydrogen-bond donors (Lipinski definition) is 1. The van der Waals surface area contributed by atoms with Gasteiger partial charge in [-0.1, -0.05) is 22.9 Å². The largest absolute Gasteiger partial charge is 0.372 e. The van der Waals surface area contributed by atoms with Crippen molar-refractivity contribution >= 4 is 21.8 Å². The van der Waals surface area contributed by atoms with Gasteiger partial charge in [-0.05, 0) is 20.8 Å². The molecule has 1 amide bonds. The van der Waals surface area contributed by atoms with Gasteiger partial charge in [0.2, 0.25) is 5.91 Å². The molecule has 0 heterocycles. The first-order valence-corrected chi connectivity index (χ1v) is 5.34. The van der Waals surface area contributed by atoms with E-state index in [1.54, 1.807) is 0 Å². The minimum absolute atomic E-state index is 0.0712. The third-order valence-electron chi connectivity index (χ3n) is 1.89. The Balaban J connectivity index is 3.90. The molecular weight excluding hydrogens is 234 g/mol. The maximum Gasteiger partial charge on any atom is 0.246 e. The van der Waals surface area contributed by atoms with Crippen molar-refractivity contribution in [2.75, 3.05) is 13.2 Å². The molecule has 4 heteroatoms. The number of rotatable bonds is 5. The van der Waals surface area contributed by atoms with Crippen LogP contribution in [0.2, 0.25) is 0 Å². The van der Waals surface area contributed by atoms with E-state index in [1.165, 1.54) is 0 Å². The molecule has 0 aliphatic carbocycles. The fraction of sp³-hybridized carbons (Fsp3) is 0.889. The summed E-state index contributed by atoms with van der Waals surface area (Å²) in [6.07, 6.45) is 0. The van der Waals surface area contributed by atoms with Crippen LogP contribution >= 0.6 is 15.9 Å². The molecule has 0 bridgehead atoms. The summed E-state index contributed by atoms with van der Waals surface area (Å²) in [6.45, 7) is 8.51. The summed E-state index contributed by atoms with van der Waals surface area (Å²) >= 11 is 3.44. The summed E-state index contributed by atoms with van der Waals surface area (Å²) in [4.78, 5) is 11.5. The van der Waals surface area contributed by atoms with Crippen molar-refractivity contribution in [3.05, 3.63) is 0 Å². The lowest BCUT2D eigenvalue weighted by atomic mass is 10.0. The van der Waals surface area contributed by atoms with Crippen molar-refractivity contribution in [1.29, 1.82) is 0 Å². The van der Waals surface area contributed by atoms with Gasteiger partial charge < -0.3 is 10.1 Å². The first-order valence-electron chi connectivity index (χ1n) is 4.43. The number of carbonyl (C=O) groups is 1. The van der Waals surface area contributed by atoms with Crippen LogP contribution in [0.15, 0.2) is 0 Å². The van der Waals surface area contributed by atoms with Crippen molar-refractivity contribution in [1.82, 2.24) is 5.32 Å². The van der Waals surface area contributed by atoms with Crippen molar-refractivity contribution in [3.8, 4) is 0 Å². The highest BCUT2D eigenvalue weighted by Gasteiger charge is 2.25. The van der Waals surface area contributed by atoms with Crippen LogP contribution in [0, 0.1) is 0 Å². The molecule has 1 atom stereocenters. The van der Waals surface area contributed by atoms with Gasteiger partial charge >= 0.3 is 0 Å². The molecule has 0 fully saturated rings. The normalized spacial score (nSPS) is 13.9. The Kier molecular flexibility index (Phi) is 5.56. The summed E-state index contributed by atoms with van der Waals surface area (Å²) in [5.74, 6) is -0.0712. The van der Waals surface area contributed by atoms with Gasteiger partial charge in [0.1, 0.15) is 6.61 Å². The number of carbonyl (C=O) groups excluding carboxylic acids is 1. The molecule has 0 rings (SSSR count). The number of amides is 1. The van der Waals surface area contributed by atoms with E-state index in [1.807, 2.05) is 27.7 Å². The minimum Gasteiger partial charge on any atom is -0.372 e. The number of halogens is 1. The molecule has 1 unspecified atom stereocenters. The highest BCUT2D eigenvalue weighted by atomic mass is 79.9. The molecule has 0 aliphatic heterocycles. The second-order valence-electron chi connectivity index (χ2n) is 3.52. The van der Waals surface area contributed by atoms with E-state index in [9.17, 15) is 4.79 Å². The van der Waals surface area contributed by atoms with E-state index in [0.717, 1.165) is 0 Å². The molecule has 1 N–H and O–H groups in total. The van der Waals surface area contributed by atoms with Gasteiger partial charge in [-0.3, -0.25) is 4.79 Å². The van der Waals surface area contributed by atoms with E-state index in [-0.39, 0.29) is 22.9 Å². The first kappa shape index (κ1) is 12.9. The van der Waals surface area contributed by atoms with Crippen LogP contribution in [0.3, 0.4) is 0 Å².